The molecule has 0 aliphatic rings. The summed E-state index contributed by atoms with van der Waals surface area (Å²) in [5.41, 5.74) is 2.82. The molecular weight excluding hydrogens is 285 g/mol. The molecule has 0 aliphatic heterocycles. The molecular formula is C16H18FN3S. The zero-order chi connectivity index (χ0) is 14.8. The van der Waals surface area contributed by atoms with Gasteiger partial charge in [0.15, 0.2) is 0 Å². The van der Waals surface area contributed by atoms with E-state index in [2.05, 4.69) is 17.0 Å². The van der Waals surface area contributed by atoms with Crippen LogP contribution in [0, 0.1) is 12.7 Å². The molecule has 110 valence electrons. The van der Waals surface area contributed by atoms with Gasteiger partial charge in [0, 0.05) is 12.0 Å². The Balaban J connectivity index is 1.90. The van der Waals surface area contributed by atoms with Gasteiger partial charge in [0.25, 0.3) is 0 Å². The number of unbranched alkanes of at least 4 members (excludes halogenated alkanes) is 2. The van der Waals surface area contributed by atoms with E-state index in [4.69, 9.17) is 0 Å². The lowest BCUT2D eigenvalue weighted by atomic mass is 10.1. The maximum absolute atomic E-state index is 13.0. The van der Waals surface area contributed by atoms with Crippen molar-refractivity contribution in [1.29, 1.82) is 0 Å². The minimum atomic E-state index is -0.228. The fourth-order valence-electron chi connectivity index (χ4n) is 2.40. The Bertz CT molecular complexity index is 743. The average Bonchev–Trinajstić information content (AvgIpc) is 3.00. The van der Waals surface area contributed by atoms with Crippen molar-refractivity contribution >= 4 is 16.3 Å². The molecule has 3 aromatic rings. The zero-order valence-electron chi connectivity index (χ0n) is 12.3. The summed E-state index contributed by atoms with van der Waals surface area (Å²) in [5, 5.41) is 5.79. The van der Waals surface area contributed by atoms with Crippen molar-refractivity contribution in [3.63, 3.8) is 0 Å². The number of halogens is 1. The minimum Gasteiger partial charge on any atom is -0.217 e. The summed E-state index contributed by atoms with van der Waals surface area (Å²) in [6.45, 7) is 4.21. The van der Waals surface area contributed by atoms with Crippen LogP contribution in [0.1, 0.15) is 36.9 Å². The Hall–Kier alpha value is -1.75. The highest BCUT2D eigenvalue weighted by atomic mass is 32.1. The Labute approximate surface area is 127 Å². The monoisotopic (exact) mass is 303 g/mol. The van der Waals surface area contributed by atoms with Crippen LogP contribution in [0.5, 0.6) is 0 Å². The van der Waals surface area contributed by atoms with Crippen molar-refractivity contribution < 1.29 is 4.39 Å². The number of rotatable bonds is 5. The van der Waals surface area contributed by atoms with E-state index in [-0.39, 0.29) is 5.82 Å². The Kier molecular flexibility index (Phi) is 4.01. The summed E-state index contributed by atoms with van der Waals surface area (Å²) >= 11 is 1.65. The fraction of sp³-hybridized carbons (Fsp3) is 0.375. The maximum Gasteiger partial charge on any atom is 0.212 e. The molecule has 0 atom stereocenters. The van der Waals surface area contributed by atoms with Gasteiger partial charge in [-0.2, -0.15) is 5.10 Å². The lowest BCUT2D eigenvalue weighted by Crippen LogP contribution is -1.92. The highest BCUT2D eigenvalue weighted by molar-refractivity contribution is 7.16. The van der Waals surface area contributed by atoms with Gasteiger partial charge in [-0.25, -0.2) is 13.9 Å². The maximum atomic E-state index is 13.0. The van der Waals surface area contributed by atoms with Crippen molar-refractivity contribution in [1.82, 2.24) is 14.6 Å². The predicted octanol–water partition coefficient (Wildman–Crippen LogP) is 4.64. The van der Waals surface area contributed by atoms with E-state index in [0.29, 0.717) is 0 Å². The second-order valence-corrected chi connectivity index (χ2v) is 6.24. The van der Waals surface area contributed by atoms with E-state index in [1.54, 1.807) is 23.5 Å². The molecule has 2 aromatic heterocycles. The van der Waals surface area contributed by atoms with Crippen molar-refractivity contribution in [2.75, 3.05) is 0 Å². The van der Waals surface area contributed by atoms with Crippen LogP contribution in [0.2, 0.25) is 0 Å². The molecule has 0 aliphatic carbocycles. The van der Waals surface area contributed by atoms with E-state index >= 15 is 0 Å². The van der Waals surface area contributed by atoms with Crippen molar-refractivity contribution in [2.24, 2.45) is 0 Å². The summed E-state index contributed by atoms with van der Waals surface area (Å²) in [4.78, 5) is 5.57. The van der Waals surface area contributed by atoms with Crippen LogP contribution in [-0.4, -0.2) is 14.6 Å². The van der Waals surface area contributed by atoms with Crippen LogP contribution in [0.15, 0.2) is 24.3 Å². The third-order valence-corrected chi connectivity index (χ3v) is 4.55. The quantitative estimate of drug-likeness (QED) is 0.643. The lowest BCUT2D eigenvalue weighted by Gasteiger charge is -1.99. The van der Waals surface area contributed by atoms with Crippen molar-refractivity contribution in [2.45, 2.75) is 39.5 Å². The van der Waals surface area contributed by atoms with Crippen molar-refractivity contribution in [3.8, 4) is 11.3 Å². The largest absolute Gasteiger partial charge is 0.217 e. The van der Waals surface area contributed by atoms with Gasteiger partial charge in [0.2, 0.25) is 4.96 Å². The molecule has 0 radical (unpaired) electrons. The topological polar surface area (TPSA) is 30.2 Å². The lowest BCUT2D eigenvalue weighted by molar-refractivity contribution is 0.628. The second-order valence-electron chi connectivity index (χ2n) is 5.20. The molecule has 0 fully saturated rings. The van der Waals surface area contributed by atoms with Crippen LogP contribution in [0.3, 0.4) is 0 Å². The highest BCUT2D eigenvalue weighted by Crippen LogP contribution is 2.27. The first-order valence-electron chi connectivity index (χ1n) is 7.30. The van der Waals surface area contributed by atoms with Crippen molar-refractivity contribution in [3.05, 3.63) is 40.8 Å². The van der Waals surface area contributed by atoms with E-state index in [1.807, 2.05) is 11.4 Å². The summed E-state index contributed by atoms with van der Waals surface area (Å²) in [5.74, 6) is -0.228. The molecule has 0 spiro atoms. The standard InChI is InChI=1S/C16H18FN3S/c1-3-4-5-6-14-19-20-11(2)15(18-16(20)21-14)12-7-9-13(17)10-8-12/h7-10H,3-6H2,1-2H3. The van der Waals surface area contributed by atoms with Gasteiger partial charge in [-0.3, -0.25) is 0 Å². The second kappa shape index (κ2) is 5.93. The molecule has 5 heteroatoms. The number of imidazole rings is 1. The molecule has 2 heterocycles. The predicted molar refractivity (Wildman–Crippen MR) is 84.2 cm³/mol. The van der Waals surface area contributed by atoms with Crippen LogP contribution >= 0.6 is 11.3 Å². The third kappa shape index (κ3) is 2.83. The van der Waals surface area contributed by atoms with E-state index in [9.17, 15) is 4.39 Å². The minimum absolute atomic E-state index is 0.228. The highest BCUT2D eigenvalue weighted by Gasteiger charge is 2.14. The third-order valence-electron chi connectivity index (χ3n) is 3.58. The summed E-state index contributed by atoms with van der Waals surface area (Å²) in [7, 11) is 0. The molecule has 0 saturated carbocycles. The number of benzene rings is 1. The molecule has 3 nitrogen and oxygen atoms in total. The number of aromatic nitrogens is 3. The smallest absolute Gasteiger partial charge is 0.212 e. The number of hydrogen-bond acceptors (Lipinski definition) is 3. The first-order valence-corrected chi connectivity index (χ1v) is 8.11. The number of fused-ring (bicyclic) bond motifs is 1. The molecule has 21 heavy (non-hydrogen) atoms. The van der Waals surface area contributed by atoms with Gasteiger partial charge in [-0.1, -0.05) is 31.1 Å². The van der Waals surface area contributed by atoms with Crippen LogP contribution < -0.4 is 0 Å². The first-order chi connectivity index (χ1) is 10.2. The SMILES string of the molecule is CCCCCc1nn2c(C)c(-c3ccc(F)cc3)nc2s1. The van der Waals surface area contributed by atoms with Crippen LogP contribution in [0.25, 0.3) is 16.2 Å². The molecule has 0 amide bonds. The molecule has 1 aromatic carbocycles. The molecule has 0 unspecified atom stereocenters. The first kappa shape index (κ1) is 14.2. The fourth-order valence-corrected chi connectivity index (χ4v) is 3.38. The number of hydrogen-bond donors (Lipinski definition) is 0. The normalized spacial score (nSPS) is 11.4. The Morgan fingerprint density at radius 2 is 1.95 bits per heavy atom. The summed E-state index contributed by atoms with van der Waals surface area (Å²) in [6.07, 6.45) is 4.65. The summed E-state index contributed by atoms with van der Waals surface area (Å²) in [6, 6.07) is 6.45. The van der Waals surface area contributed by atoms with Gasteiger partial charge in [-0.05, 0) is 37.6 Å². The van der Waals surface area contributed by atoms with E-state index in [1.165, 1.54) is 31.4 Å². The molecule has 0 N–H and O–H groups in total. The zero-order valence-corrected chi connectivity index (χ0v) is 13.1. The van der Waals surface area contributed by atoms with Gasteiger partial charge in [-0.15, -0.1) is 0 Å². The van der Waals surface area contributed by atoms with E-state index < -0.39 is 0 Å². The molecule has 0 saturated heterocycles. The van der Waals surface area contributed by atoms with Gasteiger partial charge in [0.05, 0.1) is 11.4 Å². The average molecular weight is 303 g/mol. The summed E-state index contributed by atoms with van der Waals surface area (Å²) < 4.78 is 14.9. The van der Waals surface area contributed by atoms with Gasteiger partial charge >= 0.3 is 0 Å². The molecule has 3 rings (SSSR count). The number of aryl methyl sites for hydroxylation is 2. The van der Waals surface area contributed by atoms with Crippen LogP contribution in [-0.2, 0) is 6.42 Å². The molecule has 0 bridgehead atoms. The Morgan fingerprint density at radius 1 is 1.19 bits per heavy atom. The van der Waals surface area contributed by atoms with Crippen LogP contribution in [0.4, 0.5) is 4.39 Å². The number of nitrogens with zero attached hydrogens (tertiary/aromatic N) is 3. The Morgan fingerprint density at radius 3 is 2.62 bits per heavy atom. The van der Waals surface area contributed by atoms with Gasteiger partial charge in [0.1, 0.15) is 10.8 Å². The van der Waals surface area contributed by atoms with E-state index in [0.717, 1.165) is 33.3 Å². The van der Waals surface area contributed by atoms with Gasteiger partial charge < -0.3 is 0 Å².